The molecule has 0 fully saturated rings. The van der Waals surface area contributed by atoms with Gasteiger partial charge in [0.15, 0.2) is 5.82 Å². The Balaban J connectivity index is 1.52. The van der Waals surface area contributed by atoms with Crippen molar-refractivity contribution >= 4 is 17.6 Å². The van der Waals surface area contributed by atoms with Crippen LogP contribution in [0.4, 0.5) is 17.6 Å². The average Bonchev–Trinajstić information content (AvgIpc) is 2.85. The minimum atomic E-state index is 0.0201. The van der Waals surface area contributed by atoms with E-state index in [1.54, 1.807) is 12.4 Å². The Morgan fingerprint density at radius 1 is 0.844 bits per heavy atom. The summed E-state index contributed by atoms with van der Waals surface area (Å²) in [4.78, 5) is 20.1. The fraction of sp³-hybridized carbons (Fsp3) is 0.200. The quantitative estimate of drug-likeness (QED) is 0.416. The van der Waals surface area contributed by atoms with Crippen LogP contribution in [0.25, 0.3) is 11.4 Å². The van der Waals surface area contributed by atoms with Gasteiger partial charge in [0.25, 0.3) is 0 Å². The first-order valence-corrected chi connectivity index (χ1v) is 10.6. The third kappa shape index (κ3) is 5.44. The Kier molecular flexibility index (Phi) is 6.99. The lowest BCUT2D eigenvalue weighted by molar-refractivity contribution is 0.279. The highest BCUT2D eigenvalue weighted by molar-refractivity contribution is 5.61. The van der Waals surface area contributed by atoms with Gasteiger partial charge in [-0.1, -0.05) is 60.7 Å². The van der Waals surface area contributed by atoms with Crippen molar-refractivity contribution in [2.75, 3.05) is 23.9 Å². The average molecular weight is 427 g/mol. The van der Waals surface area contributed by atoms with Gasteiger partial charge < -0.3 is 15.3 Å². The van der Waals surface area contributed by atoms with Gasteiger partial charge in [-0.2, -0.15) is 4.98 Å². The van der Waals surface area contributed by atoms with E-state index in [1.807, 2.05) is 72.6 Å². The van der Waals surface area contributed by atoms with Crippen molar-refractivity contribution in [3.8, 4) is 11.4 Å². The first-order chi connectivity index (χ1) is 15.7. The Morgan fingerprint density at radius 3 is 2.22 bits per heavy atom. The zero-order valence-electron chi connectivity index (χ0n) is 18.0. The van der Waals surface area contributed by atoms with Crippen molar-refractivity contribution in [2.45, 2.75) is 18.9 Å². The molecular weight excluding hydrogens is 400 g/mol. The monoisotopic (exact) mass is 426 g/mol. The van der Waals surface area contributed by atoms with E-state index in [4.69, 9.17) is 4.98 Å². The number of aliphatic hydroxyl groups is 1. The minimum Gasteiger partial charge on any atom is -0.396 e. The Labute approximate surface area is 187 Å². The molecule has 0 aliphatic carbocycles. The summed E-state index contributed by atoms with van der Waals surface area (Å²) >= 11 is 0. The van der Waals surface area contributed by atoms with Gasteiger partial charge in [-0.25, -0.2) is 15.0 Å². The van der Waals surface area contributed by atoms with Gasteiger partial charge in [0.2, 0.25) is 5.95 Å². The normalized spacial score (nSPS) is 11.7. The van der Waals surface area contributed by atoms with Gasteiger partial charge in [0.05, 0.1) is 0 Å². The molecule has 0 amide bonds. The van der Waals surface area contributed by atoms with E-state index >= 15 is 0 Å². The molecule has 0 saturated heterocycles. The van der Waals surface area contributed by atoms with Crippen molar-refractivity contribution in [2.24, 2.45) is 0 Å². The van der Waals surface area contributed by atoms with Crippen LogP contribution in [0.1, 0.15) is 12.0 Å². The van der Waals surface area contributed by atoms with Crippen molar-refractivity contribution < 1.29 is 5.11 Å². The molecule has 2 N–H and O–H groups in total. The lowest BCUT2D eigenvalue weighted by Gasteiger charge is -2.21. The van der Waals surface area contributed by atoms with Crippen LogP contribution in [-0.2, 0) is 6.42 Å². The number of hydrogen-bond acceptors (Lipinski definition) is 7. The number of hydrogen-bond donors (Lipinski definition) is 2. The first-order valence-electron chi connectivity index (χ1n) is 10.6. The zero-order valence-corrected chi connectivity index (χ0v) is 18.0. The molecule has 0 spiro atoms. The fourth-order valence-electron chi connectivity index (χ4n) is 3.45. The molecule has 2 heterocycles. The Morgan fingerprint density at radius 2 is 1.50 bits per heavy atom. The predicted molar refractivity (Wildman–Crippen MR) is 127 cm³/mol. The van der Waals surface area contributed by atoms with E-state index in [0.29, 0.717) is 24.0 Å². The van der Waals surface area contributed by atoms with E-state index in [2.05, 4.69) is 32.4 Å². The smallest absolute Gasteiger partial charge is 0.224 e. The van der Waals surface area contributed by atoms with Crippen molar-refractivity contribution in [3.63, 3.8) is 0 Å². The largest absolute Gasteiger partial charge is 0.396 e. The summed E-state index contributed by atoms with van der Waals surface area (Å²) in [5.41, 5.74) is 2.15. The second-order valence-corrected chi connectivity index (χ2v) is 7.45. The third-order valence-electron chi connectivity index (χ3n) is 5.14. The lowest BCUT2D eigenvalue weighted by atomic mass is 10.0. The van der Waals surface area contributed by atoms with E-state index in [1.165, 1.54) is 5.56 Å². The van der Waals surface area contributed by atoms with Crippen LogP contribution in [0.5, 0.6) is 0 Å². The number of nitrogens with one attached hydrogen (secondary N) is 1. The van der Waals surface area contributed by atoms with Crippen LogP contribution in [-0.4, -0.2) is 44.7 Å². The maximum Gasteiger partial charge on any atom is 0.224 e. The fourth-order valence-corrected chi connectivity index (χ4v) is 3.45. The molecule has 0 radical (unpaired) electrons. The van der Waals surface area contributed by atoms with E-state index in [-0.39, 0.29) is 12.6 Å². The third-order valence-corrected chi connectivity index (χ3v) is 5.14. The number of rotatable bonds is 9. The van der Waals surface area contributed by atoms with Crippen LogP contribution in [0.15, 0.2) is 85.2 Å². The second-order valence-electron chi connectivity index (χ2n) is 7.45. The molecular formula is C25H26N6O. The summed E-state index contributed by atoms with van der Waals surface area (Å²) in [5.74, 6) is 2.62. The molecule has 162 valence electrons. The summed E-state index contributed by atoms with van der Waals surface area (Å²) in [6.45, 7) is 0.0906. The van der Waals surface area contributed by atoms with Crippen LogP contribution in [0.3, 0.4) is 0 Å². The van der Waals surface area contributed by atoms with Crippen molar-refractivity contribution in [1.82, 2.24) is 19.9 Å². The number of anilines is 3. The molecule has 4 rings (SSSR count). The molecule has 2 aromatic carbocycles. The van der Waals surface area contributed by atoms with Crippen molar-refractivity contribution in [1.29, 1.82) is 0 Å². The lowest BCUT2D eigenvalue weighted by Crippen LogP contribution is -2.25. The Bertz CT molecular complexity index is 1120. The molecule has 4 aromatic rings. The maximum atomic E-state index is 9.50. The standard InChI is InChI=1S/C25H26N6O/c1-31(22-12-15-26-24(29-22)20-10-6-3-7-11-20)23-13-16-27-25(30-23)28-21(14-17-32)18-19-8-4-2-5-9-19/h2-13,15-16,21,32H,14,17-18H2,1H3,(H,27,28,30)/t21-/m0/s1. The van der Waals surface area contributed by atoms with E-state index in [9.17, 15) is 5.11 Å². The minimum absolute atomic E-state index is 0.0201. The summed E-state index contributed by atoms with van der Waals surface area (Å²) in [6.07, 6.45) is 4.85. The van der Waals surface area contributed by atoms with Gasteiger partial charge in [0.1, 0.15) is 11.6 Å². The number of aliphatic hydroxyl groups excluding tert-OH is 1. The number of aromatic nitrogens is 4. The molecule has 0 unspecified atom stereocenters. The topological polar surface area (TPSA) is 87.1 Å². The molecule has 7 nitrogen and oxygen atoms in total. The first kappa shape index (κ1) is 21.4. The molecule has 0 saturated carbocycles. The van der Waals surface area contributed by atoms with Gasteiger partial charge >= 0.3 is 0 Å². The highest BCUT2D eigenvalue weighted by atomic mass is 16.3. The molecule has 2 aromatic heterocycles. The van der Waals surface area contributed by atoms with Gasteiger partial charge in [0, 0.05) is 37.7 Å². The molecule has 32 heavy (non-hydrogen) atoms. The molecule has 0 aliphatic rings. The molecule has 0 bridgehead atoms. The van der Waals surface area contributed by atoms with Gasteiger partial charge in [-0.3, -0.25) is 0 Å². The maximum absolute atomic E-state index is 9.50. The van der Waals surface area contributed by atoms with Crippen molar-refractivity contribution in [3.05, 3.63) is 90.8 Å². The summed E-state index contributed by atoms with van der Waals surface area (Å²) in [6, 6.07) is 23.8. The SMILES string of the molecule is CN(c1ccnc(N[C@@H](CCO)Cc2ccccc2)n1)c1ccnc(-c2ccccc2)n1. The summed E-state index contributed by atoms with van der Waals surface area (Å²) < 4.78 is 0. The Hall–Kier alpha value is -3.84. The summed E-state index contributed by atoms with van der Waals surface area (Å²) in [7, 11) is 1.92. The summed E-state index contributed by atoms with van der Waals surface area (Å²) in [5, 5.41) is 12.9. The second kappa shape index (κ2) is 10.5. The zero-order chi connectivity index (χ0) is 22.2. The van der Waals surface area contributed by atoms with Crippen LogP contribution in [0.2, 0.25) is 0 Å². The van der Waals surface area contributed by atoms with Crippen LogP contribution < -0.4 is 10.2 Å². The van der Waals surface area contributed by atoms with Crippen LogP contribution in [0, 0.1) is 0 Å². The number of nitrogens with zero attached hydrogens (tertiary/aromatic N) is 5. The molecule has 1 atom stereocenters. The predicted octanol–water partition coefficient (Wildman–Crippen LogP) is 4.11. The highest BCUT2D eigenvalue weighted by Crippen LogP contribution is 2.23. The van der Waals surface area contributed by atoms with E-state index < -0.39 is 0 Å². The van der Waals surface area contributed by atoms with Gasteiger partial charge in [-0.05, 0) is 30.5 Å². The van der Waals surface area contributed by atoms with Gasteiger partial charge in [-0.15, -0.1) is 0 Å². The number of benzene rings is 2. The molecule has 7 heteroatoms. The highest BCUT2D eigenvalue weighted by Gasteiger charge is 2.14. The molecule has 0 aliphatic heterocycles. The van der Waals surface area contributed by atoms with Crippen LogP contribution >= 0.6 is 0 Å². The van der Waals surface area contributed by atoms with E-state index in [0.717, 1.165) is 17.8 Å².